The maximum Gasteiger partial charge on any atom is 0.338 e. The topological polar surface area (TPSA) is 102 Å². The van der Waals surface area contributed by atoms with Crippen molar-refractivity contribution in [3.05, 3.63) is 0 Å². The van der Waals surface area contributed by atoms with Gasteiger partial charge < -0.3 is 9.05 Å². The molecule has 0 fully saturated rings. The van der Waals surface area contributed by atoms with Crippen molar-refractivity contribution in [2.75, 3.05) is 19.4 Å². The van der Waals surface area contributed by atoms with Crippen LogP contribution in [0.4, 0.5) is 0 Å². The Hall–Kier alpha value is -0.750. The van der Waals surface area contributed by atoms with Crippen LogP contribution in [-0.2, 0) is 23.2 Å². The molecule has 0 saturated carbocycles. The van der Waals surface area contributed by atoms with E-state index in [1.807, 2.05) is 0 Å². The van der Waals surface area contributed by atoms with E-state index >= 15 is 0 Å². The van der Waals surface area contributed by atoms with Crippen LogP contribution in [0.5, 0.6) is 0 Å². The fraction of sp³-hybridized carbons (Fsp3) is 0.750. The first kappa shape index (κ1) is 15.2. The summed E-state index contributed by atoms with van der Waals surface area (Å²) in [7, 11) is -3.45. The minimum atomic E-state index is -3.45. The zero-order chi connectivity index (χ0) is 12.6. The van der Waals surface area contributed by atoms with E-state index < -0.39 is 31.9 Å². The van der Waals surface area contributed by atoms with Gasteiger partial charge in [0.2, 0.25) is 0 Å². The van der Waals surface area contributed by atoms with Gasteiger partial charge in [-0.1, -0.05) is 0 Å². The molecule has 2 N–H and O–H groups in total. The Morgan fingerprint density at radius 3 is 2.12 bits per heavy atom. The molecular formula is C8H16NO6P. The standard InChI is InChI=1S/C8H16NO6P/c1-3-14-16(13,15-4-2)6-7(10)5-8(11)9-12/h12H,3-6H2,1-2H3,(H,9,11). The summed E-state index contributed by atoms with van der Waals surface area (Å²) in [6.45, 7) is 3.54. The Morgan fingerprint density at radius 1 is 1.25 bits per heavy atom. The first-order valence-corrected chi connectivity index (χ1v) is 6.53. The van der Waals surface area contributed by atoms with E-state index in [0.717, 1.165) is 0 Å². The molecule has 1 amide bonds. The fourth-order valence-electron chi connectivity index (χ4n) is 1.01. The van der Waals surface area contributed by atoms with Crippen molar-refractivity contribution in [2.45, 2.75) is 20.3 Å². The molecule has 0 radical (unpaired) electrons. The van der Waals surface area contributed by atoms with Crippen LogP contribution in [0.2, 0.25) is 0 Å². The van der Waals surface area contributed by atoms with Crippen molar-refractivity contribution in [1.82, 2.24) is 5.48 Å². The van der Waals surface area contributed by atoms with E-state index in [4.69, 9.17) is 14.3 Å². The second-order valence-corrected chi connectivity index (χ2v) is 4.91. The number of nitrogens with one attached hydrogen (secondary N) is 1. The average molecular weight is 253 g/mol. The predicted molar refractivity (Wildman–Crippen MR) is 55.3 cm³/mol. The number of rotatable bonds is 8. The number of carbonyl (C=O) groups excluding carboxylic acids is 2. The Balaban J connectivity index is 4.34. The van der Waals surface area contributed by atoms with Gasteiger partial charge in [0.25, 0.3) is 5.91 Å². The molecule has 0 atom stereocenters. The average Bonchev–Trinajstić information content (AvgIpc) is 2.17. The highest BCUT2D eigenvalue weighted by molar-refractivity contribution is 7.54. The first-order valence-electron chi connectivity index (χ1n) is 4.80. The molecule has 0 aliphatic rings. The van der Waals surface area contributed by atoms with Crippen molar-refractivity contribution in [3.8, 4) is 0 Å². The monoisotopic (exact) mass is 253 g/mol. The molecule has 0 heterocycles. The molecule has 0 spiro atoms. The van der Waals surface area contributed by atoms with E-state index in [-0.39, 0.29) is 13.2 Å². The van der Waals surface area contributed by atoms with Gasteiger partial charge in [-0.3, -0.25) is 19.4 Å². The molecule has 0 bridgehead atoms. The quantitative estimate of drug-likeness (QED) is 0.286. The van der Waals surface area contributed by atoms with Gasteiger partial charge in [0.1, 0.15) is 6.16 Å². The van der Waals surface area contributed by atoms with Crippen molar-refractivity contribution in [3.63, 3.8) is 0 Å². The van der Waals surface area contributed by atoms with E-state index in [1.165, 1.54) is 5.48 Å². The largest absolute Gasteiger partial charge is 0.338 e. The molecule has 0 aromatic carbocycles. The lowest BCUT2D eigenvalue weighted by Gasteiger charge is -2.15. The van der Waals surface area contributed by atoms with Crippen LogP contribution in [-0.4, -0.2) is 36.3 Å². The lowest BCUT2D eigenvalue weighted by Crippen LogP contribution is -2.23. The number of amides is 1. The Kier molecular flexibility index (Phi) is 7.16. The van der Waals surface area contributed by atoms with Crippen molar-refractivity contribution in [2.24, 2.45) is 0 Å². The van der Waals surface area contributed by atoms with Crippen LogP contribution in [0.15, 0.2) is 0 Å². The van der Waals surface area contributed by atoms with Gasteiger partial charge >= 0.3 is 7.60 Å². The zero-order valence-corrected chi connectivity index (χ0v) is 10.2. The van der Waals surface area contributed by atoms with Crippen LogP contribution < -0.4 is 5.48 Å². The maximum absolute atomic E-state index is 11.8. The molecule has 0 rings (SSSR count). The summed E-state index contributed by atoms with van der Waals surface area (Å²) in [5.41, 5.74) is 1.31. The number of Topliss-reactive ketones (excluding diaryl/α,β-unsaturated/α-hetero) is 1. The number of hydroxylamine groups is 1. The molecule has 0 aromatic rings. The summed E-state index contributed by atoms with van der Waals surface area (Å²) in [5.74, 6) is -1.47. The highest BCUT2D eigenvalue weighted by atomic mass is 31.2. The third-order valence-electron chi connectivity index (χ3n) is 1.50. The van der Waals surface area contributed by atoms with Crippen molar-refractivity contribution in [1.29, 1.82) is 0 Å². The first-order chi connectivity index (χ1) is 7.47. The number of carbonyl (C=O) groups is 2. The van der Waals surface area contributed by atoms with Crippen LogP contribution in [0.3, 0.4) is 0 Å². The highest BCUT2D eigenvalue weighted by Gasteiger charge is 2.28. The molecule has 0 unspecified atom stereocenters. The van der Waals surface area contributed by atoms with Crippen LogP contribution in [0.1, 0.15) is 20.3 Å². The summed E-state index contributed by atoms with van der Waals surface area (Å²) in [5, 5.41) is 8.21. The van der Waals surface area contributed by atoms with Crippen LogP contribution >= 0.6 is 7.60 Å². The number of hydrogen-bond donors (Lipinski definition) is 2. The SMILES string of the molecule is CCOP(=O)(CC(=O)CC(=O)NO)OCC. The number of hydrogen-bond acceptors (Lipinski definition) is 6. The van der Waals surface area contributed by atoms with E-state index in [9.17, 15) is 14.2 Å². The molecule has 94 valence electrons. The van der Waals surface area contributed by atoms with Crippen LogP contribution in [0, 0.1) is 0 Å². The second kappa shape index (κ2) is 7.51. The normalized spacial score (nSPS) is 11.2. The third kappa shape index (κ3) is 5.97. The summed E-state index contributed by atoms with van der Waals surface area (Å²) in [4.78, 5) is 21.9. The zero-order valence-electron chi connectivity index (χ0n) is 9.26. The fourth-order valence-corrected chi connectivity index (χ4v) is 2.60. The predicted octanol–water partition coefficient (Wildman–Crippen LogP) is 0.717. The van der Waals surface area contributed by atoms with Gasteiger partial charge in [0.05, 0.1) is 19.6 Å². The molecular weight excluding hydrogens is 237 g/mol. The second-order valence-electron chi connectivity index (χ2n) is 2.85. The van der Waals surface area contributed by atoms with Gasteiger partial charge in [0, 0.05) is 0 Å². The lowest BCUT2D eigenvalue weighted by atomic mass is 10.3. The molecule has 7 nitrogen and oxygen atoms in total. The summed E-state index contributed by atoms with van der Waals surface area (Å²) < 4.78 is 21.6. The summed E-state index contributed by atoms with van der Waals surface area (Å²) in [6.07, 6.45) is -1.03. The molecule has 0 aliphatic carbocycles. The van der Waals surface area contributed by atoms with E-state index in [2.05, 4.69) is 0 Å². The van der Waals surface area contributed by atoms with Crippen molar-refractivity contribution < 1.29 is 28.4 Å². The van der Waals surface area contributed by atoms with Gasteiger partial charge in [-0.15, -0.1) is 0 Å². The van der Waals surface area contributed by atoms with E-state index in [0.29, 0.717) is 0 Å². The van der Waals surface area contributed by atoms with Gasteiger partial charge in [0.15, 0.2) is 5.78 Å². The minimum absolute atomic E-state index is 0.150. The van der Waals surface area contributed by atoms with Gasteiger partial charge in [-0.2, -0.15) is 0 Å². The van der Waals surface area contributed by atoms with E-state index in [1.54, 1.807) is 13.8 Å². The Morgan fingerprint density at radius 2 is 1.75 bits per heavy atom. The van der Waals surface area contributed by atoms with Gasteiger partial charge in [-0.25, -0.2) is 5.48 Å². The summed E-state index contributed by atoms with van der Waals surface area (Å²) >= 11 is 0. The maximum atomic E-state index is 11.8. The van der Waals surface area contributed by atoms with Gasteiger partial charge in [-0.05, 0) is 13.8 Å². The minimum Gasteiger partial charge on any atom is -0.309 e. The smallest absolute Gasteiger partial charge is 0.309 e. The highest BCUT2D eigenvalue weighted by Crippen LogP contribution is 2.47. The third-order valence-corrected chi connectivity index (χ3v) is 3.55. The molecule has 0 aliphatic heterocycles. The molecule has 0 saturated heterocycles. The Labute approximate surface area is 93.6 Å². The van der Waals surface area contributed by atoms with Crippen molar-refractivity contribution >= 4 is 19.3 Å². The Bertz CT molecular complexity index is 282. The number of ketones is 1. The molecule has 16 heavy (non-hydrogen) atoms. The van der Waals surface area contributed by atoms with Crippen LogP contribution in [0.25, 0.3) is 0 Å². The molecule has 0 aromatic heterocycles. The molecule has 8 heteroatoms. The lowest BCUT2D eigenvalue weighted by molar-refractivity contribution is -0.133. The summed E-state index contributed by atoms with van der Waals surface area (Å²) in [6, 6.07) is 0.